The van der Waals surface area contributed by atoms with Crippen molar-refractivity contribution < 1.29 is 9.90 Å². The van der Waals surface area contributed by atoms with Crippen molar-refractivity contribution in [1.82, 2.24) is 0 Å². The van der Waals surface area contributed by atoms with Gasteiger partial charge in [-0.2, -0.15) is 0 Å². The van der Waals surface area contributed by atoms with E-state index < -0.39 is 5.97 Å². The zero-order chi connectivity index (χ0) is 10.7. The second-order valence-corrected chi connectivity index (χ2v) is 5.05. The van der Waals surface area contributed by atoms with Crippen LogP contribution in [-0.2, 0) is 4.79 Å². The van der Waals surface area contributed by atoms with Crippen molar-refractivity contribution in [1.29, 1.82) is 0 Å². The first-order chi connectivity index (χ1) is 6.52. The highest BCUT2D eigenvalue weighted by molar-refractivity contribution is 5.69. The molecule has 1 aliphatic carbocycles. The standard InChI is InChI=1S/C12H22O2/c1-8(2)10-4-6-11(7-5-10)9(3)12(13)14/h8-11H,4-7H2,1-3H3,(H,13,14). The van der Waals surface area contributed by atoms with E-state index in [4.69, 9.17) is 5.11 Å². The van der Waals surface area contributed by atoms with Gasteiger partial charge in [-0.3, -0.25) is 4.79 Å². The van der Waals surface area contributed by atoms with Gasteiger partial charge >= 0.3 is 5.97 Å². The van der Waals surface area contributed by atoms with Crippen molar-refractivity contribution in [2.45, 2.75) is 46.5 Å². The van der Waals surface area contributed by atoms with E-state index in [2.05, 4.69) is 13.8 Å². The van der Waals surface area contributed by atoms with Gasteiger partial charge in [0.25, 0.3) is 0 Å². The monoisotopic (exact) mass is 198 g/mol. The number of hydrogen-bond donors (Lipinski definition) is 1. The van der Waals surface area contributed by atoms with Crippen LogP contribution in [0.4, 0.5) is 0 Å². The van der Waals surface area contributed by atoms with E-state index in [1.54, 1.807) is 0 Å². The van der Waals surface area contributed by atoms with Gasteiger partial charge in [-0.1, -0.05) is 20.8 Å². The molecule has 1 unspecified atom stereocenters. The molecular weight excluding hydrogens is 176 g/mol. The second kappa shape index (κ2) is 4.81. The van der Waals surface area contributed by atoms with E-state index in [-0.39, 0.29) is 5.92 Å². The lowest BCUT2D eigenvalue weighted by Gasteiger charge is -2.32. The number of carboxylic acids is 1. The maximum absolute atomic E-state index is 10.8. The highest BCUT2D eigenvalue weighted by Gasteiger charge is 2.29. The predicted octanol–water partition coefficient (Wildman–Crippen LogP) is 3.17. The molecule has 1 fully saturated rings. The minimum Gasteiger partial charge on any atom is -0.481 e. The summed E-state index contributed by atoms with van der Waals surface area (Å²) in [6.45, 7) is 6.39. The lowest BCUT2D eigenvalue weighted by Crippen LogP contribution is -2.26. The number of rotatable bonds is 3. The number of carbonyl (C=O) groups is 1. The Morgan fingerprint density at radius 1 is 1.07 bits per heavy atom. The van der Waals surface area contributed by atoms with Crippen LogP contribution < -0.4 is 0 Å². The van der Waals surface area contributed by atoms with Crippen molar-refractivity contribution in [3.8, 4) is 0 Å². The summed E-state index contributed by atoms with van der Waals surface area (Å²) in [5, 5.41) is 8.91. The third-order valence-electron chi connectivity index (χ3n) is 3.86. The molecule has 0 aliphatic heterocycles. The van der Waals surface area contributed by atoms with Crippen molar-refractivity contribution >= 4 is 5.97 Å². The SMILES string of the molecule is CC(C)C1CCC(C(C)C(=O)O)CC1. The van der Waals surface area contributed by atoms with E-state index in [1.165, 1.54) is 12.8 Å². The molecule has 0 aromatic heterocycles. The molecule has 0 amide bonds. The first kappa shape index (κ1) is 11.5. The average Bonchev–Trinajstić information content (AvgIpc) is 2.16. The fraction of sp³-hybridized carbons (Fsp3) is 0.917. The molecule has 14 heavy (non-hydrogen) atoms. The van der Waals surface area contributed by atoms with Crippen LogP contribution in [-0.4, -0.2) is 11.1 Å². The number of carboxylic acid groups (broad SMARTS) is 1. The molecule has 0 heterocycles. The Bertz CT molecular complexity index is 190. The van der Waals surface area contributed by atoms with Crippen LogP contribution in [0.5, 0.6) is 0 Å². The van der Waals surface area contributed by atoms with Gasteiger partial charge in [-0.15, -0.1) is 0 Å². The predicted molar refractivity (Wildman–Crippen MR) is 57.1 cm³/mol. The lowest BCUT2D eigenvalue weighted by molar-refractivity contribution is -0.143. The summed E-state index contributed by atoms with van der Waals surface area (Å²) in [6, 6.07) is 0. The molecule has 0 radical (unpaired) electrons. The quantitative estimate of drug-likeness (QED) is 0.756. The highest BCUT2D eigenvalue weighted by Crippen LogP contribution is 2.36. The van der Waals surface area contributed by atoms with E-state index in [1.807, 2.05) is 6.92 Å². The molecule has 1 N–H and O–H groups in total. The Balaban J connectivity index is 2.39. The minimum atomic E-state index is -0.627. The molecule has 2 heteroatoms. The Morgan fingerprint density at radius 3 is 1.86 bits per heavy atom. The summed E-state index contributed by atoms with van der Waals surface area (Å²) in [5.74, 6) is 1.23. The molecule has 0 aromatic carbocycles. The Kier molecular flexibility index (Phi) is 3.97. The highest BCUT2D eigenvalue weighted by atomic mass is 16.4. The largest absolute Gasteiger partial charge is 0.481 e. The first-order valence-electron chi connectivity index (χ1n) is 5.75. The zero-order valence-electron chi connectivity index (χ0n) is 9.49. The smallest absolute Gasteiger partial charge is 0.306 e. The van der Waals surface area contributed by atoms with Gasteiger partial charge in [-0.05, 0) is 43.4 Å². The van der Waals surface area contributed by atoms with Crippen LogP contribution in [0, 0.1) is 23.7 Å². The summed E-state index contributed by atoms with van der Waals surface area (Å²) >= 11 is 0. The molecule has 0 spiro atoms. The molecule has 1 aliphatic rings. The van der Waals surface area contributed by atoms with Crippen LogP contribution >= 0.6 is 0 Å². The Labute approximate surface area is 86.7 Å². The molecule has 0 aromatic rings. The van der Waals surface area contributed by atoms with Crippen LogP contribution in [0.15, 0.2) is 0 Å². The van der Waals surface area contributed by atoms with Crippen LogP contribution in [0.3, 0.4) is 0 Å². The molecule has 2 nitrogen and oxygen atoms in total. The molecule has 0 bridgehead atoms. The fourth-order valence-corrected chi connectivity index (χ4v) is 2.51. The van der Waals surface area contributed by atoms with Gasteiger partial charge < -0.3 is 5.11 Å². The van der Waals surface area contributed by atoms with Gasteiger partial charge in [0, 0.05) is 0 Å². The van der Waals surface area contributed by atoms with Crippen molar-refractivity contribution in [2.24, 2.45) is 23.7 Å². The van der Waals surface area contributed by atoms with Crippen LogP contribution in [0.25, 0.3) is 0 Å². The summed E-state index contributed by atoms with van der Waals surface area (Å²) in [5.41, 5.74) is 0. The van der Waals surface area contributed by atoms with Crippen molar-refractivity contribution in [3.63, 3.8) is 0 Å². The molecular formula is C12H22O2. The summed E-state index contributed by atoms with van der Waals surface area (Å²) in [4.78, 5) is 10.8. The van der Waals surface area contributed by atoms with Gasteiger partial charge in [0.2, 0.25) is 0 Å². The maximum Gasteiger partial charge on any atom is 0.306 e. The number of hydrogen-bond acceptors (Lipinski definition) is 1. The van der Waals surface area contributed by atoms with Gasteiger partial charge in [0.05, 0.1) is 5.92 Å². The van der Waals surface area contributed by atoms with Crippen LogP contribution in [0.2, 0.25) is 0 Å². The van der Waals surface area contributed by atoms with Gasteiger partial charge in [0.1, 0.15) is 0 Å². The fourth-order valence-electron chi connectivity index (χ4n) is 2.51. The normalized spacial score (nSPS) is 30.3. The van der Waals surface area contributed by atoms with Crippen LogP contribution in [0.1, 0.15) is 46.5 Å². The molecule has 0 saturated heterocycles. The summed E-state index contributed by atoms with van der Waals surface area (Å²) in [6.07, 6.45) is 4.66. The maximum atomic E-state index is 10.8. The Morgan fingerprint density at radius 2 is 1.50 bits per heavy atom. The molecule has 1 rings (SSSR count). The lowest BCUT2D eigenvalue weighted by atomic mass is 9.73. The van der Waals surface area contributed by atoms with E-state index >= 15 is 0 Å². The average molecular weight is 198 g/mol. The van der Waals surface area contributed by atoms with Gasteiger partial charge in [-0.25, -0.2) is 0 Å². The first-order valence-corrected chi connectivity index (χ1v) is 5.75. The van der Waals surface area contributed by atoms with E-state index in [0.717, 1.165) is 24.7 Å². The summed E-state index contributed by atoms with van der Waals surface area (Å²) in [7, 11) is 0. The molecule has 82 valence electrons. The van der Waals surface area contributed by atoms with Gasteiger partial charge in [0.15, 0.2) is 0 Å². The second-order valence-electron chi connectivity index (χ2n) is 5.05. The van der Waals surface area contributed by atoms with E-state index in [0.29, 0.717) is 5.92 Å². The zero-order valence-corrected chi connectivity index (χ0v) is 9.49. The van der Waals surface area contributed by atoms with E-state index in [9.17, 15) is 4.79 Å². The topological polar surface area (TPSA) is 37.3 Å². The number of aliphatic carboxylic acids is 1. The Hall–Kier alpha value is -0.530. The third kappa shape index (κ3) is 2.73. The van der Waals surface area contributed by atoms with Crippen molar-refractivity contribution in [3.05, 3.63) is 0 Å². The molecule has 1 atom stereocenters. The third-order valence-corrected chi connectivity index (χ3v) is 3.86. The van der Waals surface area contributed by atoms with Crippen molar-refractivity contribution in [2.75, 3.05) is 0 Å². The summed E-state index contributed by atoms with van der Waals surface area (Å²) < 4.78 is 0. The minimum absolute atomic E-state index is 0.150. The molecule has 1 saturated carbocycles.